The Morgan fingerprint density at radius 2 is 1.64 bits per heavy atom. The molecule has 0 spiro atoms. The molecule has 0 heterocycles. The van der Waals surface area contributed by atoms with E-state index in [1.807, 2.05) is 12.1 Å². The van der Waals surface area contributed by atoms with Crippen LogP contribution in [0, 0.1) is 23.2 Å². The minimum atomic E-state index is -4.63. The molecular weight excluding hydrogens is 327 g/mol. The SMILES string of the molecule is N#C/C=C/CCC1CCC(CCc2ccc(OC(F)(F)F)cc2)CC1. The number of allylic oxidation sites excluding steroid dienone is 2. The van der Waals surface area contributed by atoms with E-state index in [9.17, 15) is 13.2 Å². The van der Waals surface area contributed by atoms with Crippen molar-refractivity contribution in [3.63, 3.8) is 0 Å². The molecule has 0 N–H and O–H groups in total. The summed E-state index contributed by atoms with van der Waals surface area (Å²) in [7, 11) is 0. The van der Waals surface area contributed by atoms with Crippen LogP contribution >= 0.6 is 0 Å². The highest BCUT2D eigenvalue weighted by Gasteiger charge is 2.31. The molecule has 25 heavy (non-hydrogen) atoms. The van der Waals surface area contributed by atoms with Crippen LogP contribution in [0.2, 0.25) is 0 Å². The Bertz CT molecular complexity index is 578. The van der Waals surface area contributed by atoms with Crippen LogP contribution in [0.3, 0.4) is 0 Å². The molecule has 0 aromatic heterocycles. The molecule has 2 nitrogen and oxygen atoms in total. The van der Waals surface area contributed by atoms with Crippen LogP contribution in [0.15, 0.2) is 36.4 Å². The van der Waals surface area contributed by atoms with E-state index in [0.29, 0.717) is 5.92 Å². The van der Waals surface area contributed by atoms with Crippen molar-refractivity contribution in [2.75, 3.05) is 0 Å². The maximum atomic E-state index is 12.1. The van der Waals surface area contributed by atoms with E-state index in [-0.39, 0.29) is 5.75 Å². The van der Waals surface area contributed by atoms with Crippen molar-refractivity contribution >= 4 is 0 Å². The molecule has 0 saturated heterocycles. The summed E-state index contributed by atoms with van der Waals surface area (Å²) in [6.45, 7) is 0. The molecule has 1 fully saturated rings. The highest BCUT2D eigenvalue weighted by molar-refractivity contribution is 5.27. The van der Waals surface area contributed by atoms with Crippen LogP contribution in [0.5, 0.6) is 5.75 Å². The average Bonchev–Trinajstić information content (AvgIpc) is 2.58. The van der Waals surface area contributed by atoms with Gasteiger partial charge in [0.1, 0.15) is 5.75 Å². The van der Waals surface area contributed by atoms with Crippen LogP contribution in [0.4, 0.5) is 13.2 Å². The first-order valence-electron chi connectivity index (χ1n) is 8.85. The standard InChI is InChI=1S/C20H24F3NO/c21-20(22,23)25-19-13-11-18(12-14-19)10-9-17-7-5-16(6-8-17)4-2-1-3-15-24/h1,3,11-14,16-17H,2,4-10H2/b3-1+. The molecule has 1 aromatic carbocycles. The van der Waals surface area contributed by atoms with Gasteiger partial charge in [-0.15, -0.1) is 13.2 Å². The van der Waals surface area contributed by atoms with Gasteiger partial charge in [0.25, 0.3) is 0 Å². The Balaban J connectivity index is 1.67. The van der Waals surface area contributed by atoms with E-state index >= 15 is 0 Å². The van der Waals surface area contributed by atoms with E-state index in [1.54, 1.807) is 18.2 Å². The summed E-state index contributed by atoms with van der Waals surface area (Å²) in [6.07, 6.45) is 7.91. The predicted molar refractivity (Wildman–Crippen MR) is 90.9 cm³/mol. The Morgan fingerprint density at radius 3 is 2.20 bits per heavy atom. The van der Waals surface area contributed by atoms with Crippen molar-refractivity contribution in [2.24, 2.45) is 11.8 Å². The monoisotopic (exact) mass is 351 g/mol. The molecule has 0 atom stereocenters. The molecule has 1 aliphatic carbocycles. The van der Waals surface area contributed by atoms with Crippen LogP contribution in [-0.2, 0) is 6.42 Å². The van der Waals surface area contributed by atoms with Gasteiger partial charge < -0.3 is 4.74 Å². The molecule has 0 radical (unpaired) electrons. The van der Waals surface area contributed by atoms with E-state index < -0.39 is 6.36 Å². The molecule has 5 heteroatoms. The number of benzene rings is 1. The first kappa shape index (κ1) is 19.4. The number of hydrogen-bond acceptors (Lipinski definition) is 2. The summed E-state index contributed by atoms with van der Waals surface area (Å²) >= 11 is 0. The zero-order chi connectivity index (χ0) is 18.1. The third-order valence-corrected chi connectivity index (χ3v) is 4.90. The number of alkyl halides is 3. The second-order valence-corrected chi connectivity index (χ2v) is 6.73. The van der Waals surface area contributed by atoms with Crippen molar-refractivity contribution in [1.82, 2.24) is 0 Å². The van der Waals surface area contributed by atoms with Gasteiger partial charge in [-0.2, -0.15) is 5.26 Å². The maximum absolute atomic E-state index is 12.1. The minimum Gasteiger partial charge on any atom is -0.406 e. The summed E-state index contributed by atoms with van der Waals surface area (Å²) < 4.78 is 40.3. The Morgan fingerprint density at radius 1 is 1.04 bits per heavy atom. The first-order chi connectivity index (χ1) is 12.0. The van der Waals surface area contributed by atoms with Gasteiger partial charge in [0.15, 0.2) is 0 Å². The highest BCUT2D eigenvalue weighted by atomic mass is 19.4. The van der Waals surface area contributed by atoms with Crippen LogP contribution < -0.4 is 4.74 Å². The van der Waals surface area contributed by atoms with Gasteiger partial charge >= 0.3 is 6.36 Å². The fourth-order valence-corrected chi connectivity index (χ4v) is 3.51. The van der Waals surface area contributed by atoms with Crippen LogP contribution in [-0.4, -0.2) is 6.36 Å². The van der Waals surface area contributed by atoms with Crippen molar-refractivity contribution < 1.29 is 17.9 Å². The van der Waals surface area contributed by atoms with Crippen LogP contribution in [0.1, 0.15) is 50.5 Å². The zero-order valence-electron chi connectivity index (χ0n) is 14.3. The fourth-order valence-electron chi connectivity index (χ4n) is 3.51. The molecule has 0 amide bonds. The Hall–Kier alpha value is -1.96. The van der Waals surface area contributed by atoms with Gasteiger partial charge in [-0.1, -0.05) is 43.9 Å². The molecule has 136 valence electrons. The maximum Gasteiger partial charge on any atom is 0.573 e. The summed E-state index contributed by atoms with van der Waals surface area (Å²) in [6, 6.07) is 8.22. The summed E-state index contributed by atoms with van der Waals surface area (Å²) in [4.78, 5) is 0. The summed E-state index contributed by atoms with van der Waals surface area (Å²) in [5.41, 5.74) is 1.05. The quantitative estimate of drug-likeness (QED) is 0.549. The number of nitriles is 1. The van der Waals surface area contributed by atoms with Gasteiger partial charge in [0, 0.05) is 6.08 Å². The average molecular weight is 351 g/mol. The number of ether oxygens (including phenoxy) is 1. The van der Waals surface area contributed by atoms with E-state index in [1.165, 1.54) is 37.8 Å². The fraction of sp³-hybridized carbons (Fsp3) is 0.550. The molecule has 1 aliphatic rings. The normalized spacial score (nSPS) is 21.2. The van der Waals surface area contributed by atoms with E-state index in [0.717, 1.165) is 37.2 Å². The largest absolute Gasteiger partial charge is 0.573 e. The number of aryl methyl sites for hydroxylation is 1. The topological polar surface area (TPSA) is 33.0 Å². The van der Waals surface area contributed by atoms with E-state index in [4.69, 9.17) is 5.26 Å². The van der Waals surface area contributed by atoms with Gasteiger partial charge in [0.05, 0.1) is 6.07 Å². The lowest BCUT2D eigenvalue weighted by molar-refractivity contribution is -0.274. The predicted octanol–water partition coefficient (Wildman–Crippen LogP) is 6.18. The smallest absolute Gasteiger partial charge is 0.406 e. The second-order valence-electron chi connectivity index (χ2n) is 6.73. The van der Waals surface area contributed by atoms with Crippen molar-refractivity contribution in [2.45, 2.75) is 57.7 Å². The zero-order valence-corrected chi connectivity index (χ0v) is 14.3. The molecule has 2 rings (SSSR count). The van der Waals surface area contributed by atoms with Gasteiger partial charge in [0.2, 0.25) is 0 Å². The number of nitrogens with zero attached hydrogens (tertiary/aromatic N) is 1. The number of rotatable bonds is 7. The minimum absolute atomic E-state index is 0.165. The number of hydrogen-bond donors (Lipinski definition) is 0. The molecular formula is C20H24F3NO. The third kappa shape index (κ3) is 7.64. The molecule has 0 bridgehead atoms. The van der Waals surface area contributed by atoms with Gasteiger partial charge in [-0.05, 0) is 55.2 Å². The lowest BCUT2D eigenvalue weighted by atomic mass is 9.78. The number of halogens is 3. The first-order valence-corrected chi connectivity index (χ1v) is 8.85. The molecule has 0 aliphatic heterocycles. The molecule has 1 aromatic rings. The summed E-state index contributed by atoms with van der Waals surface area (Å²) in [5, 5.41) is 8.46. The van der Waals surface area contributed by atoms with E-state index in [2.05, 4.69) is 4.74 Å². The molecule has 0 unspecified atom stereocenters. The lowest BCUT2D eigenvalue weighted by Crippen LogP contribution is -2.17. The second kappa shape index (κ2) is 9.50. The highest BCUT2D eigenvalue weighted by Crippen LogP contribution is 2.34. The van der Waals surface area contributed by atoms with Crippen molar-refractivity contribution in [1.29, 1.82) is 5.26 Å². The lowest BCUT2D eigenvalue weighted by Gasteiger charge is -2.28. The third-order valence-electron chi connectivity index (χ3n) is 4.90. The Labute approximate surface area is 147 Å². The Kier molecular flexibility index (Phi) is 7.36. The van der Waals surface area contributed by atoms with Gasteiger partial charge in [-0.25, -0.2) is 0 Å². The van der Waals surface area contributed by atoms with Crippen LogP contribution in [0.25, 0.3) is 0 Å². The summed E-state index contributed by atoms with van der Waals surface area (Å²) in [5.74, 6) is 1.30. The van der Waals surface area contributed by atoms with Gasteiger partial charge in [-0.3, -0.25) is 0 Å². The van der Waals surface area contributed by atoms with Crippen molar-refractivity contribution in [3.8, 4) is 11.8 Å². The van der Waals surface area contributed by atoms with Crippen molar-refractivity contribution in [3.05, 3.63) is 42.0 Å². The molecule has 1 saturated carbocycles.